The molecule has 0 amide bonds. The number of nitrogens with one attached hydrogen (secondary N) is 1. The van der Waals surface area contributed by atoms with Crippen LogP contribution >= 0.6 is 0 Å². The summed E-state index contributed by atoms with van der Waals surface area (Å²) < 4.78 is 0. The minimum atomic E-state index is 0.213. The number of allylic oxidation sites excluding steroid dienone is 2. The Morgan fingerprint density at radius 3 is 2.94 bits per heavy atom. The van der Waals surface area contributed by atoms with Crippen molar-refractivity contribution in [2.75, 3.05) is 6.54 Å². The van der Waals surface area contributed by atoms with Crippen LogP contribution < -0.4 is 5.32 Å². The summed E-state index contributed by atoms with van der Waals surface area (Å²) in [6, 6.07) is 4.62. The molecule has 0 aromatic carbocycles. The van der Waals surface area contributed by atoms with Gasteiger partial charge < -0.3 is 5.32 Å². The molecule has 0 aliphatic carbocycles. The average Bonchev–Trinajstić information content (AvgIpc) is 2.92. The normalized spacial score (nSPS) is 26.6. The van der Waals surface area contributed by atoms with Crippen LogP contribution in [0.15, 0.2) is 16.3 Å². The third kappa shape index (κ3) is 2.06. The first-order chi connectivity index (χ1) is 7.85. The van der Waals surface area contributed by atoms with Crippen LogP contribution in [-0.4, -0.2) is 18.3 Å². The summed E-state index contributed by atoms with van der Waals surface area (Å²) in [5, 5.41) is 21.1. The lowest BCUT2D eigenvalue weighted by atomic mass is 10.1. The molecule has 1 fully saturated rings. The van der Waals surface area contributed by atoms with Crippen molar-refractivity contribution in [2.45, 2.75) is 38.1 Å². The molecule has 2 heterocycles. The topological polar surface area (TPSA) is 72.0 Å². The van der Waals surface area contributed by atoms with E-state index >= 15 is 0 Å². The van der Waals surface area contributed by atoms with E-state index in [9.17, 15) is 0 Å². The minimum absolute atomic E-state index is 0.213. The van der Waals surface area contributed by atoms with Crippen LogP contribution in [0.25, 0.3) is 0 Å². The number of rotatable bonds is 2. The third-order valence-electron chi connectivity index (χ3n) is 3.04. The molecule has 0 saturated carbocycles. The van der Waals surface area contributed by atoms with Gasteiger partial charge in [0.25, 0.3) is 0 Å². The number of hydrogen-bond donors (Lipinski definition) is 1. The Hall–Kier alpha value is -1.81. The highest BCUT2D eigenvalue weighted by molar-refractivity contribution is 6.04. The third-order valence-corrected chi connectivity index (χ3v) is 3.04. The SMILES string of the molecule is N#CC[C@@H]1CC/C(=C(\C#N)C2=NCCC2)N1. The van der Waals surface area contributed by atoms with E-state index in [0.29, 0.717) is 6.42 Å². The molecule has 0 aromatic rings. The molecule has 2 aliphatic rings. The molecule has 0 bridgehead atoms. The van der Waals surface area contributed by atoms with Crippen molar-refractivity contribution in [2.24, 2.45) is 4.99 Å². The van der Waals surface area contributed by atoms with E-state index in [-0.39, 0.29) is 6.04 Å². The number of nitriles is 2. The van der Waals surface area contributed by atoms with Gasteiger partial charge in [-0.15, -0.1) is 0 Å². The van der Waals surface area contributed by atoms with Crippen molar-refractivity contribution in [3.63, 3.8) is 0 Å². The van der Waals surface area contributed by atoms with Gasteiger partial charge in [0.2, 0.25) is 0 Å². The molecule has 0 aromatic heterocycles. The van der Waals surface area contributed by atoms with Crippen LogP contribution in [0.1, 0.15) is 32.1 Å². The van der Waals surface area contributed by atoms with E-state index in [4.69, 9.17) is 10.5 Å². The number of hydrogen-bond acceptors (Lipinski definition) is 4. The van der Waals surface area contributed by atoms with Crippen molar-refractivity contribution < 1.29 is 0 Å². The summed E-state index contributed by atoms with van der Waals surface area (Å²) in [7, 11) is 0. The highest BCUT2D eigenvalue weighted by Crippen LogP contribution is 2.23. The highest BCUT2D eigenvalue weighted by atomic mass is 15.0. The summed E-state index contributed by atoms with van der Waals surface area (Å²) in [4.78, 5) is 4.35. The van der Waals surface area contributed by atoms with E-state index in [1.54, 1.807) is 0 Å². The average molecular weight is 214 g/mol. The van der Waals surface area contributed by atoms with E-state index in [2.05, 4.69) is 22.4 Å². The zero-order valence-corrected chi connectivity index (χ0v) is 9.16. The van der Waals surface area contributed by atoms with Gasteiger partial charge in [0.05, 0.1) is 23.8 Å². The van der Waals surface area contributed by atoms with Gasteiger partial charge in [-0.25, -0.2) is 0 Å². The van der Waals surface area contributed by atoms with Crippen LogP contribution in [-0.2, 0) is 0 Å². The first-order valence-corrected chi connectivity index (χ1v) is 5.65. The number of nitrogens with zero attached hydrogens (tertiary/aromatic N) is 3. The van der Waals surface area contributed by atoms with Crippen LogP contribution in [0.4, 0.5) is 0 Å². The van der Waals surface area contributed by atoms with Crippen LogP contribution in [0.5, 0.6) is 0 Å². The molecule has 4 nitrogen and oxygen atoms in total. The molecule has 4 heteroatoms. The standard InChI is InChI=1S/C12H14N4/c13-6-5-9-3-4-12(16-9)10(8-14)11-2-1-7-15-11/h9,16H,1-5,7H2/b12-10-/t9-/m0/s1. The molecule has 1 N–H and O–H groups in total. The summed E-state index contributed by atoms with van der Waals surface area (Å²) in [5.41, 5.74) is 2.66. The highest BCUT2D eigenvalue weighted by Gasteiger charge is 2.23. The van der Waals surface area contributed by atoms with Gasteiger partial charge in [0, 0.05) is 18.3 Å². The Labute approximate surface area is 95.3 Å². The Bertz CT molecular complexity index is 419. The molecule has 0 radical (unpaired) electrons. The zero-order chi connectivity index (χ0) is 11.4. The second kappa shape index (κ2) is 4.81. The summed E-state index contributed by atoms with van der Waals surface area (Å²) in [6.45, 7) is 0.843. The fourth-order valence-electron chi connectivity index (χ4n) is 2.22. The Morgan fingerprint density at radius 2 is 2.31 bits per heavy atom. The van der Waals surface area contributed by atoms with Crippen molar-refractivity contribution in [3.8, 4) is 12.1 Å². The van der Waals surface area contributed by atoms with Crippen LogP contribution in [0, 0.1) is 22.7 Å². The van der Waals surface area contributed by atoms with E-state index in [1.165, 1.54) is 0 Å². The van der Waals surface area contributed by atoms with Crippen molar-refractivity contribution in [1.82, 2.24) is 5.32 Å². The molecule has 0 unspecified atom stereocenters. The smallest absolute Gasteiger partial charge is 0.103 e. The molecular formula is C12H14N4. The fraction of sp³-hybridized carbons (Fsp3) is 0.583. The van der Waals surface area contributed by atoms with Crippen molar-refractivity contribution >= 4 is 5.71 Å². The minimum Gasteiger partial charge on any atom is -0.383 e. The van der Waals surface area contributed by atoms with Crippen LogP contribution in [0.2, 0.25) is 0 Å². The van der Waals surface area contributed by atoms with Crippen molar-refractivity contribution in [3.05, 3.63) is 11.3 Å². The fourth-order valence-corrected chi connectivity index (χ4v) is 2.22. The zero-order valence-electron chi connectivity index (χ0n) is 9.16. The second-order valence-corrected chi connectivity index (χ2v) is 4.14. The van der Waals surface area contributed by atoms with Crippen molar-refractivity contribution in [1.29, 1.82) is 10.5 Å². The first-order valence-electron chi connectivity index (χ1n) is 5.65. The molecule has 2 aliphatic heterocycles. The van der Waals surface area contributed by atoms with Gasteiger partial charge in [0.15, 0.2) is 0 Å². The summed E-state index contributed by atoms with van der Waals surface area (Å²) in [6.07, 6.45) is 4.29. The lowest BCUT2D eigenvalue weighted by molar-refractivity contribution is 0.633. The maximum atomic E-state index is 9.17. The van der Waals surface area contributed by atoms with E-state index in [1.807, 2.05) is 0 Å². The molecule has 82 valence electrons. The lowest BCUT2D eigenvalue weighted by Gasteiger charge is -2.08. The quantitative estimate of drug-likeness (QED) is 0.710. The van der Waals surface area contributed by atoms with Gasteiger partial charge in [-0.2, -0.15) is 10.5 Å². The predicted octanol–water partition coefficient (Wildman–Crippen LogP) is 1.66. The summed E-state index contributed by atoms with van der Waals surface area (Å²) >= 11 is 0. The van der Waals surface area contributed by atoms with Gasteiger partial charge >= 0.3 is 0 Å². The molecule has 1 atom stereocenters. The lowest BCUT2D eigenvalue weighted by Crippen LogP contribution is -2.21. The largest absolute Gasteiger partial charge is 0.383 e. The molecule has 1 saturated heterocycles. The monoisotopic (exact) mass is 214 g/mol. The Kier molecular flexibility index (Phi) is 3.22. The van der Waals surface area contributed by atoms with Gasteiger partial charge in [-0.3, -0.25) is 4.99 Å². The Balaban J connectivity index is 2.15. The summed E-state index contributed by atoms with van der Waals surface area (Å²) in [5.74, 6) is 0. The number of aliphatic imine (C=N–C) groups is 1. The molecule has 0 spiro atoms. The maximum Gasteiger partial charge on any atom is 0.103 e. The first kappa shape index (κ1) is 10.7. The predicted molar refractivity (Wildman–Crippen MR) is 60.6 cm³/mol. The molecule has 16 heavy (non-hydrogen) atoms. The van der Waals surface area contributed by atoms with Crippen LogP contribution in [0.3, 0.4) is 0 Å². The second-order valence-electron chi connectivity index (χ2n) is 4.14. The van der Waals surface area contributed by atoms with Gasteiger partial charge in [0.1, 0.15) is 6.07 Å². The maximum absolute atomic E-state index is 9.17. The molecular weight excluding hydrogens is 200 g/mol. The van der Waals surface area contributed by atoms with E-state index < -0.39 is 0 Å². The van der Waals surface area contributed by atoms with E-state index in [0.717, 1.165) is 49.2 Å². The van der Waals surface area contributed by atoms with Gasteiger partial charge in [-0.05, 0) is 25.7 Å². The Morgan fingerprint density at radius 1 is 1.44 bits per heavy atom. The molecule has 2 rings (SSSR count). The van der Waals surface area contributed by atoms with Gasteiger partial charge in [-0.1, -0.05) is 0 Å².